The number of nitrogens with two attached hydrogens (primary N) is 1. The van der Waals surface area contributed by atoms with Crippen molar-refractivity contribution in [2.75, 3.05) is 5.75 Å². The molecule has 0 aliphatic carbocycles. The lowest BCUT2D eigenvalue weighted by molar-refractivity contribution is 1.25. The van der Waals surface area contributed by atoms with Crippen molar-refractivity contribution in [3.63, 3.8) is 0 Å². The molecule has 15 heavy (non-hydrogen) atoms. The zero-order valence-corrected chi connectivity index (χ0v) is 11.6. The van der Waals surface area contributed by atoms with Gasteiger partial charge in [0.15, 0.2) is 5.17 Å². The maximum atomic E-state index is 5.55. The van der Waals surface area contributed by atoms with E-state index in [1.165, 1.54) is 11.8 Å². The predicted octanol–water partition coefficient (Wildman–Crippen LogP) is 2.71. The largest absolute Gasteiger partial charge is 0.377 e. The Balaban J connectivity index is 0.00000196. The first-order valence-electron chi connectivity index (χ1n) is 4.37. The number of nitrogens with zero attached hydrogens (tertiary/aromatic N) is 2. The fraction of sp³-hybridized carbons (Fsp3) is 0.200. The molecule has 0 aromatic heterocycles. The van der Waals surface area contributed by atoms with Crippen molar-refractivity contribution in [3.8, 4) is 0 Å². The maximum absolute atomic E-state index is 5.55. The standard InChI is InChI=1S/C10H13N3S.HI/c1-2-14-10(11)13-12-8-9-6-4-3-5-7-9;/h3-8H,2H2,1H3,(H2,11,13);1H. The summed E-state index contributed by atoms with van der Waals surface area (Å²) in [6.07, 6.45) is 1.68. The van der Waals surface area contributed by atoms with Gasteiger partial charge < -0.3 is 5.73 Å². The van der Waals surface area contributed by atoms with E-state index in [9.17, 15) is 0 Å². The van der Waals surface area contributed by atoms with Gasteiger partial charge in [-0.3, -0.25) is 0 Å². The van der Waals surface area contributed by atoms with E-state index in [1.54, 1.807) is 6.21 Å². The Hall–Kier alpha value is -0.560. The van der Waals surface area contributed by atoms with E-state index in [1.807, 2.05) is 37.3 Å². The van der Waals surface area contributed by atoms with Gasteiger partial charge in [0.25, 0.3) is 0 Å². The molecule has 5 heteroatoms. The Morgan fingerprint density at radius 2 is 2.07 bits per heavy atom. The summed E-state index contributed by atoms with van der Waals surface area (Å²) in [6, 6.07) is 9.79. The molecule has 0 unspecified atom stereocenters. The molecule has 0 bridgehead atoms. The summed E-state index contributed by atoms with van der Waals surface area (Å²) in [5.74, 6) is 0.913. The summed E-state index contributed by atoms with van der Waals surface area (Å²) >= 11 is 1.48. The van der Waals surface area contributed by atoms with Crippen LogP contribution in [-0.4, -0.2) is 17.1 Å². The molecular formula is C10H14IN3S. The Morgan fingerprint density at radius 3 is 2.67 bits per heavy atom. The molecular weight excluding hydrogens is 321 g/mol. The second kappa shape index (κ2) is 8.72. The van der Waals surface area contributed by atoms with Crippen LogP contribution in [0, 0.1) is 0 Å². The minimum atomic E-state index is 0. The molecule has 1 aromatic rings. The number of hydrogen-bond donors (Lipinski definition) is 1. The third kappa shape index (κ3) is 6.51. The molecule has 0 aliphatic rings. The number of rotatable bonds is 3. The van der Waals surface area contributed by atoms with Gasteiger partial charge in [0, 0.05) is 0 Å². The van der Waals surface area contributed by atoms with Gasteiger partial charge in [0.1, 0.15) is 0 Å². The van der Waals surface area contributed by atoms with Crippen LogP contribution < -0.4 is 5.73 Å². The minimum absolute atomic E-state index is 0. The van der Waals surface area contributed by atoms with E-state index in [0.717, 1.165) is 11.3 Å². The van der Waals surface area contributed by atoms with E-state index < -0.39 is 0 Å². The highest BCUT2D eigenvalue weighted by Gasteiger charge is 1.87. The molecule has 82 valence electrons. The lowest BCUT2D eigenvalue weighted by Gasteiger charge is -1.92. The monoisotopic (exact) mass is 335 g/mol. The zero-order chi connectivity index (χ0) is 10.2. The lowest BCUT2D eigenvalue weighted by Crippen LogP contribution is -2.05. The molecule has 3 nitrogen and oxygen atoms in total. The van der Waals surface area contributed by atoms with Crippen LogP contribution in [0.3, 0.4) is 0 Å². The fourth-order valence-corrected chi connectivity index (χ4v) is 1.27. The molecule has 1 rings (SSSR count). The summed E-state index contributed by atoms with van der Waals surface area (Å²) in [5, 5.41) is 8.21. The fourth-order valence-electron chi connectivity index (χ4n) is 0.868. The normalized spacial score (nSPS) is 11.4. The van der Waals surface area contributed by atoms with Crippen LogP contribution in [0.1, 0.15) is 12.5 Å². The topological polar surface area (TPSA) is 50.7 Å². The van der Waals surface area contributed by atoms with Crippen molar-refractivity contribution in [2.45, 2.75) is 6.92 Å². The van der Waals surface area contributed by atoms with Gasteiger partial charge in [0.2, 0.25) is 0 Å². The summed E-state index contributed by atoms with van der Waals surface area (Å²) in [7, 11) is 0. The van der Waals surface area contributed by atoms with Crippen molar-refractivity contribution in [2.24, 2.45) is 15.9 Å². The third-order valence-corrected chi connectivity index (χ3v) is 2.12. The summed E-state index contributed by atoms with van der Waals surface area (Å²) in [4.78, 5) is 0. The van der Waals surface area contributed by atoms with Gasteiger partial charge in [-0.1, -0.05) is 49.0 Å². The molecule has 0 radical (unpaired) electrons. The van der Waals surface area contributed by atoms with Crippen LogP contribution in [0.4, 0.5) is 0 Å². The second-order valence-electron chi connectivity index (χ2n) is 2.53. The first kappa shape index (κ1) is 14.4. The van der Waals surface area contributed by atoms with Gasteiger partial charge in [-0.2, -0.15) is 5.10 Å². The molecule has 0 saturated heterocycles. The van der Waals surface area contributed by atoms with Crippen molar-refractivity contribution in [3.05, 3.63) is 35.9 Å². The van der Waals surface area contributed by atoms with Gasteiger partial charge in [-0.05, 0) is 11.3 Å². The number of amidine groups is 1. The van der Waals surface area contributed by atoms with Crippen LogP contribution in [0.5, 0.6) is 0 Å². The highest BCUT2D eigenvalue weighted by molar-refractivity contribution is 14.0. The van der Waals surface area contributed by atoms with Crippen LogP contribution >= 0.6 is 35.7 Å². The summed E-state index contributed by atoms with van der Waals surface area (Å²) < 4.78 is 0. The van der Waals surface area contributed by atoms with Crippen LogP contribution in [0.15, 0.2) is 40.5 Å². The van der Waals surface area contributed by atoms with Gasteiger partial charge in [-0.15, -0.1) is 29.1 Å². The van der Waals surface area contributed by atoms with E-state index >= 15 is 0 Å². The predicted molar refractivity (Wildman–Crippen MR) is 79.2 cm³/mol. The number of halogens is 1. The lowest BCUT2D eigenvalue weighted by atomic mass is 10.2. The molecule has 1 aromatic carbocycles. The van der Waals surface area contributed by atoms with Gasteiger partial charge in [-0.25, -0.2) is 0 Å². The summed E-state index contributed by atoms with van der Waals surface area (Å²) in [5.41, 5.74) is 6.57. The van der Waals surface area contributed by atoms with Crippen LogP contribution in [0.2, 0.25) is 0 Å². The van der Waals surface area contributed by atoms with E-state index in [-0.39, 0.29) is 24.0 Å². The molecule has 2 N–H and O–H groups in total. The smallest absolute Gasteiger partial charge is 0.180 e. The van der Waals surface area contributed by atoms with E-state index in [4.69, 9.17) is 5.73 Å². The Bertz CT molecular complexity index is 325. The van der Waals surface area contributed by atoms with Crippen LogP contribution in [0.25, 0.3) is 0 Å². The number of thioether (sulfide) groups is 1. The Morgan fingerprint density at radius 1 is 1.40 bits per heavy atom. The molecule has 0 heterocycles. The maximum Gasteiger partial charge on any atom is 0.180 e. The molecule has 0 spiro atoms. The van der Waals surface area contributed by atoms with Crippen molar-refractivity contribution >= 4 is 47.1 Å². The van der Waals surface area contributed by atoms with Crippen molar-refractivity contribution in [1.82, 2.24) is 0 Å². The zero-order valence-electron chi connectivity index (χ0n) is 8.46. The highest BCUT2D eigenvalue weighted by atomic mass is 127. The van der Waals surface area contributed by atoms with Gasteiger partial charge >= 0.3 is 0 Å². The molecule has 0 atom stereocenters. The average Bonchev–Trinajstić information content (AvgIpc) is 2.20. The summed E-state index contributed by atoms with van der Waals surface area (Å²) in [6.45, 7) is 2.02. The van der Waals surface area contributed by atoms with Crippen LogP contribution in [-0.2, 0) is 0 Å². The molecule has 0 saturated carbocycles. The first-order valence-corrected chi connectivity index (χ1v) is 5.36. The van der Waals surface area contributed by atoms with Crippen molar-refractivity contribution < 1.29 is 0 Å². The highest BCUT2D eigenvalue weighted by Crippen LogP contribution is 1.98. The number of hydrogen-bond acceptors (Lipinski definition) is 3. The third-order valence-electron chi connectivity index (χ3n) is 1.45. The molecule has 0 aliphatic heterocycles. The number of benzene rings is 1. The first-order chi connectivity index (χ1) is 6.83. The Kier molecular flexibility index (Phi) is 8.40. The molecule has 0 fully saturated rings. The quantitative estimate of drug-likeness (QED) is 0.400. The van der Waals surface area contributed by atoms with E-state index in [2.05, 4.69) is 10.2 Å². The second-order valence-corrected chi connectivity index (χ2v) is 3.81. The molecule has 0 amide bonds. The van der Waals surface area contributed by atoms with Gasteiger partial charge in [0.05, 0.1) is 6.21 Å². The minimum Gasteiger partial charge on any atom is -0.377 e. The van der Waals surface area contributed by atoms with E-state index in [0.29, 0.717) is 5.17 Å². The average molecular weight is 335 g/mol. The Labute approximate surface area is 111 Å². The SMILES string of the molecule is CCSC(N)=NN=Cc1ccccc1.I. The van der Waals surface area contributed by atoms with Crippen molar-refractivity contribution in [1.29, 1.82) is 0 Å².